The molecular weight excluding hydrogens is 314 g/mol. The molecule has 0 aliphatic heterocycles. The van der Waals surface area contributed by atoms with Crippen LogP contribution in [0.1, 0.15) is 44.4 Å². The van der Waals surface area contributed by atoms with Crippen molar-refractivity contribution in [1.29, 1.82) is 0 Å². The zero-order chi connectivity index (χ0) is 19.3. The summed E-state index contributed by atoms with van der Waals surface area (Å²) in [5.74, 6) is 0. The van der Waals surface area contributed by atoms with Crippen LogP contribution in [0.2, 0.25) is 0 Å². The van der Waals surface area contributed by atoms with Gasteiger partial charge in [-0.3, -0.25) is 0 Å². The van der Waals surface area contributed by atoms with E-state index in [-0.39, 0.29) is 0 Å². The van der Waals surface area contributed by atoms with Gasteiger partial charge in [-0.2, -0.15) is 0 Å². The second kappa shape index (κ2) is 8.71. The Balaban J connectivity index is 0.000000570. The zero-order valence-electron chi connectivity index (χ0n) is 17.2. The second-order valence-corrected chi connectivity index (χ2v) is 6.21. The Morgan fingerprint density at radius 2 is 0.885 bits per heavy atom. The van der Waals surface area contributed by atoms with E-state index in [0.29, 0.717) is 0 Å². The van der Waals surface area contributed by atoms with E-state index in [2.05, 4.69) is 86.0 Å². The predicted molar refractivity (Wildman–Crippen MR) is 118 cm³/mol. The van der Waals surface area contributed by atoms with Crippen LogP contribution in [0.3, 0.4) is 0 Å². The van der Waals surface area contributed by atoms with Crippen LogP contribution in [-0.4, -0.2) is 4.57 Å². The molecule has 0 aliphatic carbocycles. The van der Waals surface area contributed by atoms with Crippen LogP contribution in [0.4, 0.5) is 0 Å². The average molecular weight is 346 g/mol. The molecule has 0 saturated carbocycles. The lowest BCUT2D eigenvalue weighted by Gasteiger charge is -2.08. The van der Waals surface area contributed by atoms with E-state index in [1.807, 2.05) is 27.7 Å². The predicted octanol–water partition coefficient (Wildman–Crippen LogP) is 7.76. The summed E-state index contributed by atoms with van der Waals surface area (Å²) in [5.41, 5.74) is 7.66. The van der Waals surface area contributed by atoms with Crippen LogP contribution in [-0.2, 0) is 0 Å². The van der Waals surface area contributed by atoms with E-state index in [1.165, 1.54) is 44.2 Å². The molecule has 0 N–H and O–H groups in total. The van der Waals surface area contributed by atoms with Gasteiger partial charge in [0.1, 0.15) is 0 Å². The van der Waals surface area contributed by atoms with E-state index >= 15 is 0 Å². The summed E-state index contributed by atoms with van der Waals surface area (Å²) in [6.07, 6.45) is 0. The molecule has 0 spiro atoms. The van der Waals surface area contributed by atoms with Gasteiger partial charge in [0, 0.05) is 16.5 Å². The smallest absolute Gasteiger partial charge is 0.0541 e. The summed E-state index contributed by atoms with van der Waals surface area (Å²) in [4.78, 5) is 0. The van der Waals surface area contributed by atoms with Crippen molar-refractivity contribution in [3.05, 3.63) is 77.4 Å². The summed E-state index contributed by atoms with van der Waals surface area (Å²) < 4.78 is 2.36. The molecule has 1 nitrogen and oxygen atoms in total. The average Bonchev–Trinajstić information content (AvgIpc) is 2.99. The number of nitrogens with zero attached hydrogens (tertiary/aromatic N) is 1. The number of rotatable bonds is 1. The number of fused-ring (bicyclic) bond motifs is 3. The molecule has 4 aromatic rings. The Kier molecular flexibility index (Phi) is 6.63. The van der Waals surface area contributed by atoms with E-state index in [1.54, 1.807) is 0 Å². The fraction of sp³-hybridized carbons (Fsp3) is 0.280. The molecule has 3 aromatic carbocycles. The SMILES string of the molecule is CC.CC.Cc1ccc(-n2c3ccc(C)cc3c3cc(C)ccc32)cc1. The highest BCUT2D eigenvalue weighted by molar-refractivity contribution is 6.09. The summed E-state index contributed by atoms with van der Waals surface area (Å²) in [6, 6.07) is 22.2. The maximum absolute atomic E-state index is 2.36. The summed E-state index contributed by atoms with van der Waals surface area (Å²) in [6.45, 7) is 14.4. The first-order valence-corrected chi connectivity index (χ1v) is 9.72. The molecule has 0 radical (unpaired) electrons. The van der Waals surface area contributed by atoms with E-state index < -0.39 is 0 Å². The fourth-order valence-electron chi connectivity index (χ4n) is 3.22. The van der Waals surface area contributed by atoms with Crippen molar-refractivity contribution in [3.63, 3.8) is 0 Å². The van der Waals surface area contributed by atoms with Gasteiger partial charge in [-0.05, 0) is 57.2 Å². The normalized spacial score (nSPS) is 10.1. The van der Waals surface area contributed by atoms with Crippen molar-refractivity contribution in [2.24, 2.45) is 0 Å². The maximum atomic E-state index is 2.36. The van der Waals surface area contributed by atoms with Gasteiger partial charge in [-0.15, -0.1) is 0 Å². The molecule has 0 bridgehead atoms. The van der Waals surface area contributed by atoms with Crippen LogP contribution in [0.15, 0.2) is 60.7 Å². The molecule has 1 heteroatoms. The van der Waals surface area contributed by atoms with Gasteiger partial charge < -0.3 is 4.57 Å². The van der Waals surface area contributed by atoms with Crippen molar-refractivity contribution >= 4 is 21.8 Å². The number of benzene rings is 3. The van der Waals surface area contributed by atoms with Crippen LogP contribution >= 0.6 is 0 Å². The lowest BCUT2D eigenvalue weighted by molar-refractivity contribution is 1.17. The third-order valence-electron chi connectivity index (χ3n) is 4.37. The Morgan fingerprint density at radius 1 is 0.500 bits per heavy atom. The van der Waals surface area contributed by atoms with Gasteiger partial charge in [-0.25, -0.2) is 0 Å². The topological polar surface area (TPSA) is 4.93 Å². The fourth-order valence-corrected chi connectivity index (χ4v) is 3.22. The molecule has 0 amide bonds. The van der Waals surface area contributed by atoms with E-state index in [9.17, 15) is 0 Å². The lowest BCUT2D eigenvalue weighted by atomic mass is 10.1. The Hall–Kier alpha value is -2.54. The van der Waals surface area contributed by atoms with Crippen LogP contribution in [0.25, 0.3) is 27.5 Å². The molecule has 0 unspecified atom stereocenters. The first kappa shape index (κ1) is 19.8. The van der Waals surface area contributed by atoms with E-state index in [0.717, 1.165) is 0 Å². The standard InChI is InChI=1S/C21H19N.2C2H6/c1-14-4-8-17(9-5-14)22-20-10-6-15(2)12-18(20)19-13-16(3)7-11-21(19)22;2*1-2/h4-13H,1-3H3;2*1-2H3. The summed E-state index contributed by atoms with van der Waals surface area (Å²) >= 11 is 0. The highest BCUT2D eigenvalue weighted by Gasteiger charge is 2.12. The van der Waals surface area contributed by atoms with Gasteiger partial charge in [0.2, 0.25) is 0 Å². The third kappa shape index (κ3) is 3.67. The van der Waals surface area contributed by atoms with Gasteiger partial charge in [0.05, 0.1) is 11.0 Å². The molecule has 4 rings (SSSR count). The summed E-state index contributed by atoms with van der Waals surface area (Å²) in [5, 5.41) is 2.67. The molecule has 1 aromatic heterocycles. The first-order chi connectivity index (χ1) is 12.6. The van der Waals surface area contributed by atoms with Crippen LogP contribution in [0.5, 0.6) is 0 Å². The maximum Gasteiger partial charge on any atom is 0.0541 e. The lowest BCUT2D eigenvalue weighted by Crippen LogP contribution is -1.93. The second-order valence-electron chi connectivity index (χ2n) is 6.21. The van der Waals surface area contributed by atoms with Crippen molar-refractivity contribution in [3.8, 4) is 5.69 Å². The van der Waals surface area contributed by atoms with Gasteiger partial charge in [0.15, 0.2) is 0 Å². The molecule has 0 saturated heterocycles. The van der Waals surface area contributed by atoms with Gasteiger partial charge >= 0.3 is 0 Å². The monoisotopic (exact) mass is 345 g/mol. The highest BCUT2D eigenvalue weighted by atomic mass is 15.0. The van der Waals surface area contributed by atoms with Crippen molar-refractivity contribution in [2.75, 3.05) is 0 Å². The largest absolute Gasteiger partial charge is 0.309 e. The number of aromatic nitrogens is 1. The Bertz CT molecular complexity index is 929. The molecule has 0 atom stereocenters. The quantitative estimate of drug-likeness (QED) is 0.332. The van der Waals surface area contributed by atoms with Crippen LogP contribution in [0, 0.1) is 20.8 Å². The van der Waals surface area contributed by atoms with Crippen molar-refractivity contribution in [1.82, 2.24) is 4.57 Å². The molecule has 26 heavy (non-hydrogen) atoms. The minimum atomic E-state index is 1.22. The highest BCUT2D eigenvalue weighted by Crippen LogP contribution is 2.33. The Morgan fingerprint density at radius 3 is 1.31 bits per heavy atom. The Labute approximate surface area is 158 Å². The van der Waals surface area contributed by atoms with Gasteiger partial charge in [-0.1, -0.05) is 68.7 Å². The molecule has 1 heterocycles. The van der Waals surface area contributed by atoms with Crippen molar-refractivity contribution in [2.45, 2.75) is 48.5 Å². The van der Waals surface area contributed by atoms with Crippen molar-refractivity contribution < 1.29 is 0 Å². The molecule has 0 fully saturated rings. The minimum absolute atomic E-state index is 1.22. The minimum Gasteiger partial charge on any atom is -0.309 e. The summed E-state index contributed by atoms with van der Waals surface area (Å²) in [7, 11) is 0. The molecule has 136 valence electrons. The van der Waals surface area contributed by atoms with Gasteiger partial charge in [0.25, 0.3) is 0 Å². The third-order valence-corrected chi connectivity index (χ3v) is 4.37. The molecule has 0 aliphatic rings. The number of aryl methyl sites for hydroxylation is 3. The number of hydrogen-bond donors (Lipinski definition) is 0. The molecular formula is C25H31N. The van der Waals surface area contributed by atoms with E-state index in [4.69, 9.17) is 0 Å². The zero-order valence-corrected chi connectivity index (χ0v) is 17.2. The number of hydrogen-bond acceptors (Lipinski definition) is 0. The van der Waals surface area contributed by atoms with Crippen LogP contribution < -0.4 is 0 Å². The first-order valence-electron chi connectivity index (χ1n) is 9.72.